The molecule has 0 radical (unpaired) electrons. The van der Waals surface area contributed by atoms with Gasteiger partial charge in [-0.15, -0.1) is 0 Å². The minimum absolute atomic E-state index is 0.365. The molecule has 2 rings (SSSR count). The largest absolute Gasteiger partial charge is 0.366 e. The van der Waals surface area contributed by atoms with E-state index in [9.17, 15) is 4.79 Å². The standard InChI is InChI=1S/C12H13N3O/c13-12(16)10-4-3-7-15(8-10)9-11-5-1-2-6-14-11/h1-3,5-8H,4,9H2,(H2,13,16). The molecule has 0 unspecified atom stereocenters. The maximum Gasteiger partial charge on any atom is 0.246 e. The van der Waals surface area contributed by atoms with E-state index in [4.69, 9.17) is 5.73 Å². The van der Waals surface area contributed by atoms with Crippen LogP contribution in [0.3, 0.4) is 0 Å². The van der Waals surface area contributed by atoms with Crippen molar-refractivity contribution in [3.05, 3.63) is 54.1 Å². The van der Waals surface area contributed by atoms with Crippen molar-refractivity contribution in [3.8, 4) is 0 Å². The molecular formula is C12H13N3O. The van der Waals surface area contributed by atoms with Crippen molar-refractivity contribution in [1.82, 2.24) is 9.88 Å². The number of hydrogen-bond acceptors (Lipinski definition) is 3. The molecule has 1 amide bonds. The van der Waals surface area contributed by atoms with Gasteiger partial charge in [0.25, 0.3) is 0 Å². The third kappa shape index (κ3) is 2.48. The highest BCUT2D eigenvalue weighted by atomic mass is 16.1. The summed E-state index contributed by atoms with van der Waals surface area (Å²) in [4.78, 5) is 17.2. The summed E-state index contributed by atoms with van der Waals surface area (Å²) in [5.74, 6) is -0.365. The number of allylic oxidation sites excluding steroid dienone is 1. The van der Waals surface area contributed by atoms with Crippen LogP contribution in [0.25, 0.3) is 0 Å². The lowest BCUT2D eigenvalue weighted by Crippen LogP contribution is -2.20. The molecule has 1 aliphatic rings. The Balaban J connectivity index is 2.08. The highest BCUT2D eigenvalue weighted by Crippen LogP contribution is 2.13. The molecule has 0 saturated heterocycles. The molecule has 0 atom stereocenters. The van der Waals surface area contributed by atoms with Crippen LogP contribution in [0.5, 0.6) is 0 Å². The zero-order valence-electron chi connectivity index (χ0n) is 8.84. The first-order chi connectivity index (χ1) is 7.75. The van der Waals surface area contributed by atoms with Crippen LogP contribution >= 0.6 is 0 Å². The lowest BCUT2D eigenvalue weighted by Gasteiger charge is -2.19. The van der Waals surface area contributed by atoms with Gasteiger partial charge in [0, 0.05) is 24.2 Å². The Morgan fingerprint density at radius 1 is 1.50 bits per heavy atom. The second-order valence-electron chi connectivity index (χ2n) is 3.60. The molecule has 0 fully saturated rings. The molecule has 16 heavy (non-hydrogen) atoms. The summed E-state index contributed by atoms with van der Waals surface area (Å²) in [6, 6.07) is 5.76. The topological polar surface area (TPSA) is 59.2 Å². The molecule has 4 heteroatoms. The van der Waals surface area contributed by atoms with Gasteiger partial charge in [-0.25, -0.2) is 0 Å². The van der Waals surface area contributed by atoms with Gasteiger partial charge in [-0.3, -0.25) is 9.78 Å². The van der Waals surface area contributed by atoms with E-state index in [0.717, 1.165) is 5.69 Å². The highest BCUT2D eigenvalue weighted by molar-refractivity contribution is 5.92. The van der Waals surface area contributed by atoms with Crippen LogP contribution in [0.15, 0.2) is 48.4 Å². The highest BCUT2D eigenvalue weighted by Gasteiger charge is 2.10. The smallest absolute Gasteiger partial charge is 0.246 e. The van der Waals surface area contributed by atoms with Crippen molar-refractivity contribution >= 4 is 5.91 Å². The van der Waals surface area contributed by atoms with E-state index >= 15 is 0 Å². The van der Waals surface area contributed by atoms with E-state index in [1.807, 2.05) is 35.4 Å². The van der Waals surface area contributed by atoms with Gasteiger partial charge < -0.3 is 10.6 Å². The molecule has 1 aliphatic heterocycles. The molecule has 2 N–H and O–H groups in total. The summed E-state index contributed by atoms with van der Waals surface area (Å²) in [5.41, 5.74) is 6.82. The van der Waals surface area contributed by atoms with E-state index < -0.39 is 0 Å². The maximum absolute atomic E-state index is 11.0. The maximum atomic E-state index is 11.0. The van der Waals surface area contributed by atoms with Gasteiger partial charge >= 0.3 is 0 Å². The number of nitrogens with zero attached hydrogens (tertiary/aromatic N) is 2. The number of pyridine rings is 1. The summed E-state index contributed by atoms with van der Waals surface area (Å²) in [6.07, 6.45) is 7.98. The monoisotopic (exact) mass is 215 g/mol. The van der Waals surface area contributed by atoms with E-state index in [-0.39, 0.29) is 5.91 Å². The lowest BCUT2D eigenvalue weighted by atomic mass is 10.1. The number of carbonyl (C=O) groups excluding carboxylic acids is 1. The molecule has 0 aromatic carbocycles. The molecule has 0 aliphatic carbocycles. The van der Waals surface area contributed by atoms with Gasteiger partial charge in [0.2, 0.25) is 5.91 Å². The number of amides is 1. The number of aromatic nitrogens is 1. The van der Waals surface area contributed by atoms with Crippen LogP contribution in [0, 0.1) is 0 Å². The average Bonchev–Trinajstić information content (AvgIpc) is 2.30. The third-order valence-corrected chi connectivity index (χ3v) is 2.34. The zero-order chi connectivity index (χ0) is 11.4. The summed E-state index contributed by atoms with van der Waals surface area (Å²) in [6.45, 7) is 0.647. The minimum Gasteiger partial charge on any atom is -0.366 e. The first-order valence-corrected chi connectivity index (χ1v) is 5.08. The van der Waals surface area contributed by atoms with Gasteiger partial charge in [0.1, 0.15) is 0 Å². The van der Waals surface area contributed by atoms with Gasteiger partial charge in [-0.2, -0.15) is 0 Å². The molecule has 0 spiro atoms. The molecule has 1 aromatic heterocycles. The Hall–Kier alpha value is -2.10. The lowest BCUT2D eigenvalue weighted by molar-refractivity contribution is -0.114. The molecule has 82 valence electrons. The van der Waals surface area contributed by atoms with Gasteiger partial charge in [-0.1, -0.05) is 12.1 Å². The van der Waals surface area contributed by atoms with Crippen molar-refractivity contribution in [2.75, 3.05) is 0 Å². The van der Waals surface area contributed by atoms with Crippen molar-refractivity contribution < 1.29 is 4.79 Å². The van der Waals surface area contributed by atoms with Gasteiger partial charge in [-0.05, 0) is 18.6 Å². The fraction of sp³-hybridized carbons (Fsp3) is 0.167. The molecule has 1 aromatic rings. The number of hydrogen-bond donors (Lipinski definition) is 1. The van der Waals surface area contributed by atoms with Crippen LogP contribution < -0.4 is 5.73 Å². The number of nitrogens with two attached hydrogens (primary N) is 1. The van der Waals surface area contributed by atoms with E-state index in [1.54, 1.807) is 12.4 Å². The molecule has 4 nitrogen and oxygen atoms in total. The molecule has 2 heterocycles. The first kappa shape index (κ1) is 10.4. The number of carbonyl (C=O) groups is 1. The van der Waals surface area contributed by atoms with E-state index in [0.29, 0.717) is 18.5 Å². The predicted molar refractivity (Wildman–Crippen MR) is 60.8 cm³/mol. The van der Waals surface area contributed by atoms with Crippen LogP contribution in [0.2, 0.25) is 0 Å². The first-order valence-electron chi connectivity index (χ1n) is 5.08. The van der Waals surface area contributed by atoms with Gasteiger partial charge in [0.15, 0.2) is 0 Å². The fourth-order valence-corrected chi connectivity index (χ4v) is 1.55. The quantitative estimate of drug-likeness (QED) is 0.823. The van der Waals surface area contributed by atoms with Crippen LogP contribution in [0.1, 0.15) is 12.1 Å². The summed E-state index contributed by atoms with van der Waals surface area (Å²) >= 11 is 0. The second kappa shape index (κ2) is 4.61. The third-order valence-electron chi connectivity index (χ3n) is 2.34. The van der Waals surface area contributed by atoms with Crippen LogP contribution in [-0.4, -0.2) is 15.8 Å². The molecular weight excluding hydrogens is 202 g/mol. The summed E-state index contributed by atoms with van der Waals surface area (Å²) in [7, 11) is 0. The Morgan fingerprint density at radius 3 is 3.06 bits per heavy atom. The summed E-state index contributed by atoms with van der Waals surface area (Å²) in [5, 5.41) is 0. The minimum atomic E-state index is -0.365. The van der Waals surface area contributed by atoms with Crippen molar-refractivity contribution in [2.45, 2.75) is 13.0 Å². The Kier molecular flexibility index (Phi) is 3.00. The van der Waals surface area contributed by atoms with Crippen LogP contribution in [0.4, 0.5) is 0 Å². The Morgan fingerprint density at radius 2 is 2.38 bits per heavy atom. The Bertz CT molecular complexity index is 437. The fourth-order valence-electron chi connectivity index (χ4n) is 1.55. The van der Waals surface area contributed by atoms with Crippen molar-refractivity contribution in [2.24, 2.45) is 5.73 Å². The normalized spacial score (nSPS) is 14.8. The summed E-state index contributed by atoms with van der Waals surface area (Å²) < 4.78 is 0. The number of primary amides is 1. The SMILES string of the molecule is NC(=O)C1=CN(Cc2ccccn2)C=CC1. The number of rotatable bonds is 3. The van der Waals surface area contributed by atoms with Gasteiger partial charge in [0.05, 0.1) is 12.2 Å². The predicted octanol–water partition coefficient (Wildman–Crippen LogP) is 1.17. The van der Waals surface area contributed by atoms with Crippen LogP contribution in [-0.2, 0) is 11.3 Å². The second-order valence-corrected chi connectivity index (χ2v) is 3.60. The molecule has 0 bridgehead atoms. The van der Waals surface area contributed by atoms with Crippen molar-refractivity contribution in [1.29, 1.82) is 0 Å². The zero-order valence-corrected chi connectivity index (χ0v) is 8.84. The Labute approximate surface area is 94.1 Å². The van der Waals surface area contributed by atoms with E-state index in [1.165, 1.54) is 0 Å². The van der Waals surface area contributed by atoms with Crippen molar-refractivity contribution in [3.63, 3.8) is 0 Å². The average molecular weight is 215 g/mol. The molecule has 0 saturated carbocycles. The van der Waals surface area contributed by atoms with E-state index in [2.05, 4.69) is 4.98 Å².